The summed E-state index contributed by atoms with van der Waals surface area (Å²) < 4.78 is 31.2. The van der Waals surface area contributed by atoms with Gasteiger partial charge in [-0.2, -0.15) is 8.42 Å². The van der Waals surface area contributed by atoms with Crippen LogP contribution in [0.3, 0.4) is 0 Å². The lowest BCUT2D eigenvalue weighted by Crippen LogP contribution is -2.22. The molecule has 5 heteroatoms. The van der Waals surface area contributed by atoms with Crippen molar-refractivity contribution in [3.05, 3.63) is 23.8 Å². The number of para-hydroxylation sites is 1. The highest BCUT2D eigenvalue weighted by atomic mass is 32.2. The van der Waals surface area contributed by atoms with Crippen molar-refractivity contribution in [1.29, 1.82) is 0 Å². The highest BCUT2D eigenvalue weighted by molar-refractivity contribution is 7.86. The lowest BCUT2D eigenvalue weighted by molar-refractivity contribution is 0.482. The Balaban J connectivity index is 2.56. The zero-order valence-corrected chi connectivity index (χ0v) is 9.21. The predicted molar refractivity (Wildman–Crippen MR) is 57.6 cm³/mol. The molecule has 1 aliphatic heterocycles. The molecule has 0 fully saturated rings. The van der Waals surface area contributed by atoms with Crippen molar-refractivity contribution in [2.24, 2.45) is 5.92 Å². The molecule has 1 heterocycles. The quantitative estimate of drug-likeness (QED) is 0.714. The molecule has 2 N–H and O–H groups in total. The maximum atomic E-state index is 11.1. The second kappa shape index (κ2) is 3.50. The van der Waals surface area contributed by atoms with Crippen molar-refractivity contribution in [2.75, 3.05) is 11.9 Å². The molecule has 0 spiro atoms. The third kappa shape index (κ3) is 1.98. The first kappa shape index (κ1) is 10.4. The van der Waals surface area contributed by atoms with Gasteiger partial charge in [-0.25, -0.2) is 0 Å². The van der Waals surface area contributed by atoms with Gasteiger partial charge in [0, 0.05) is 6.54 Å². The van der Waals surface area contributed by atoms with Gasteiger partial charge in [-0.3, -0.25) is 4.55 Å². The molecule has 0 saturated heterocycles. The smallest absolute Gasteiger partial charge is 0.296 e. The molecule has 82 valence electrons. The SMILES string of the molecule is C[C@@H]1CNc2c(cccc2S(=O)(=O)O)C1. The molecule has 0 unspecified atom stereocenters. The summed E-state index contributed by atoms with van der Waals surface area (Å²) in [6.07, 6.45) is 0.839. The van der Waals surface area contributed by atoms with E-state index in [0.29, 0.717) is 11.6 Å². The van der Waals surface area contributed by atoms with E-state index in [0.717, 1.165) is 18.5 Å². The molecule has 1 atom stereocenters. The molecule has 0 aromatic heterocycles. The second-order valence-electron chi connectivity index (χ2n) is 3.96. The number of hydrogen-bond acceptors (Lipinski definition) is 3. The van der Waals surface area contributed by atoms with E-state index in [-0.39, 0.29) is 4.90 Å². The normalized spacial score (nSPS) is 20.5. The van der Waals surface area contributed by atoms with Gasteiger partial charge >= 0.3 is 0 Å². The van der Waals surface area contributed by atoms with Crippen LogP contribution in [-0.2, 0) is 16.5 Å². The summed E-state index contributed by atoms with van der Waals surface area (Å²) in [5.74, 6) is 0.481. The summed E-state index contributed by atoms with van der Waals surface area (Å²) in [7, 11) is -4.12. The summed E-state index contributed by atoms with van der Waals surface area (Å²) in [6.45, 7) is 2.83. The van der Waals surface area contributed by atoms with Crippen LogP contribution in [0.15, 0.2) is 23.1 Å². The maximum Gasteiger partial charge on any atom is 0.296 e. The number of hydrogen-bond donors (Lipinski definition) is 2. The van der Waals surface area contributed by atoms with E-state index < -0.39 is 10.1 Å². The minimum atomic E-state index is -4.12. The van der Waals surface area contributed by atoms with E-state index in [2.05, 4.69) is 12.2 Å². The maximum absolute atomic E-state index is 11.1. The average Bonchev–Trinajstić information content (AvgIpc) is 2.15. The Kier molecular flexibility index (Phi) is 2.44. The molecule has 0 amide bonds. The second-order valence-corrected chi connectivity index (χ2v) is 5.35. The van der Waals surface area contributed by atoms with Gasteiger partial charge in [0.1, 0.15) is 4.90 Å². The molecule has 1 aromatic carbocycles. The first-order chi connectivity index (χ1) is 6.98. The van der Waals surface area contributed by atoms with Crippen molar-refractivity contribution in [3.8, 4) is 0 Å². The lowest BCUT2D eigenvalue weighted by Gasteiger charge is -2.24. The molecule has 1 aromatic rings. The number of nitrogens with one attached hydrogen (secondary N) is 1. The molecule has 0 radical (unpaired) electrons. The number of anilines is 1. The van der Waals surface area contributed by atoms with Crippen molar-refractivity contribution < 1.29 is 13.0 Å². The molecule has 0 aliphatic carbocycles. The van der Waals surface area contributed by atoms with Crippen LogP contribution in [0.5, 0.6) is 0 Å². The summed E-state index contributed by atoms with van der Waals surface area (Å²) in [5, 5.41) is 3.05. The fourth-order valence-electron chi connectivity index (χ4n) is 1.89. The zero-order valence-electron chi connectivity index (χ0n) is 8.40. The van der Waals surface area contributed by atoms with Crippen LogP contribution in [0.1, 0.15) is 12.5 Å². The fourth-order valence-corrected chi connectivity index (χ4v) is 2.60. The summed E-state index contributed by atoms with van der Waals surface area (Å²) >= 11 is 0. The van der Waals surface area contributed by atoms with Gasteiger partial charge in [0.2, 0.25) is 0 Å². The van der Waals surface area contributed by atoms with E-state index in [4.69, 9.17) is 4.55 Å². The van der Waals surface area contributed by atoms with Crippen LogP contribution in [0, 0.1) is 5.92 Å². The Hall–Kier alpha value is -1.07. The van der Waals surface area contributed by atoms with Crippen molar-refractivity contribution in [2.45, 2.75) is 18.2 Å². The molecule has 2 rings (SSSR count). The van der Waals surface area contributed by atoms with Gasteiger partial charge in [-0.05, 0) is 24.0 Å². The molecular formula is C10H13NO3S. The van der Waals surface area contributed by atoms with Gasteiger partial charge in [0.05, 0.1) is 5.69 Å². The third-order valence-corrected chi connectivity index (χ3v) is 3.48. The van der Waals surface area contributed by atoms with E-state index in [1.807, 2.05) is 6.07 Å². The van der Waals surface area contributed by atoms with Crippen LogP contribution in [0.4, 0.5) is 5.69 Å². The van der Waals surface area contributed by atoms with Gasteiger partial charge in [-0.1, -0.05) is 19.1 Å². The summed E-state index contributed by atoms with van der Waals surface area (Å²) in [5.41, 5.74) is 1.50. The topological polar surface area (TPSA) is 66.4 Å². The predicted octanol–water partition coefficient (Wildman–Crippen LogP) is 1.54. The fraction of sp³-hybridized carbons (Fsp3) is 0.400. The largest absolute Gasteiger partial charge is 0.383 e. The van der Waals surface area contributed by atoms with E-state index in [9.17, 15) is 8.42 Å². The van der Waals surface area contributed by atoms with Gasteiger partial charge < -0.3 is 5.32 Å². The van der Waals surface area contributed by atoms with Crippen LogP contribution < -0.4 is 5.32 Å². The monoisotopic (exact) mass is 227 g/mol. The van der Waals surface area contributed by atoms with Crippen LogP contribution >= 0.6 is 0 Å². The van der Waals surface area contributed by atoms with E-state index >= 15 is 0 Å². The number of rotatable bonds is 1. The number of fused-ring (bicyclic) bond motifs is 1. The molecular weight excluding hydrogens is 214 g/mol. The van der Waals surface area contributed by atoms with Crippen LogP contribution in [0.25, 0.3) is 0 Å². The summed E-state index contributed by atoms with van der Waals surface area (Å²) in [4.78, 5) is -0.0214. The van der Waals surface area contributed by atoms with E-state index in [1.165, 1.54) is 6.07 Å². The third-order valence-electron chi connectivity index (χ3n) is 2.59. The van der Waals surface area contributed by atoms with Gasteiger partial charge in [0.15, 0.2) is 0 Å². The molecule has 0 saturated carbocycles. The van der Waals surface area contributed by atoms with Crippen LogP contribution in [0.2, 0.25) is 0 Å². The Morgan fingerprint density at radius 1 is 1.47 bits per heavy atom. The van der Waals surface area contributed by atoms with Crippen molar-refractivity contribution in [1.82, 2.24) is 0 Å². The highest BCUT2D eigenvalue weighted by Gasteiger charge is 2.22. The number of benzene rings is 1. The Labute approximate surface area is 89.1 Å². The Bertz CT molecular complexity index is 481. The Morgan fingerprint density at radius 3 is 2.87 bits per heavy atom. The molecule has 4 nitrogen and oxygen atoms in total. The lowest BCUT2D eigenvalue weighted by atomic mass is 9.96. The minimum absolute atomic E-state index is 0.0214. The Morgan fingerprint density at radius 2 is 2.20 bits per heavy atom. The molecule has 1 aliphatic rings. The van der Waals surface area contributed by atoms with Crippen molar-refractivity contribution >= 4 is 15.8 Å². The highest BCUT2D eigenvalue weighted by Crippen LogP contribution is 2.30. The van der Waals surface area contributed by atoms with Gasteiger partial charge in [0.25, 0.3) is 10.1 Å². The summed E-state index contributed by atoms with van der Waals surface area (Å²) in [6, 6.07) is 4.95. The molecule has 15 heavy (non-hydrogen) atoms. The minimum Gasteiger partial charge on any atom is -0.383 e. The van der Waals surface area contributed by atoms with E-state index in [1.54, 1.807) is 6.07 Å². The first-order valence-corrected chi connectivity index (χ1v) is 6.26. The van der Waals surface area contributed by atoms with Crippen molar-refractivity contribution in [3.63, 3.8) is 0 Å². The first-order valence-electron chi connectivity index (χ1n) is 4.82. The molecule has 0 bridgehead atoms. The standard InChI is InChI=1S/C10H13NO3S/c1-7-5-8-3-2-4-9(15(12,13)14)10(8)11-6-7/h2-4,7,11H,5-6H2,1H3,(H,12,13,14)/t7-/m0/s1. The van der Waals surface area contributed by atoms with Crippen LogP contribution in [-0.4, -0.2) is 19.5 Å². The zero-order chi connectivity index (χ0) is 11.1. The average molecular weight is 227 g/mol. The van der Waals surface area contributed by atoms with Gasteiger partial charge in [-0.15, -0.1) is 0 Å².